The van der Waals surface area contributed by atoms with Crippen LogP contribution in [0.5, 0.6) is 5.75 Å². The standard InChI is InChI=1S/C21H32O3/c1-20(2,3)16-11-15(12-17(18(16)22)21(4,5)6)13-7-9-14(10-8-13)19(23)24/h11-14,22H,7-10H2,1-6H3,(H,23,24). The maximum absolute atomic E-state index is 11.2. The topological polar surface area (TPSA) is 57.5 Å². The lowest BCUT2D eigenvalue weighted by atomic mass is 9.73. The maximum Gasteiger partial charge on any atom is 0.306 e. The van der Waals surface area contributed by atoms with Crippen molar-refractivity contribution >= 4 is 5.97 Å². The molecule has 0 aromatic heterocycles. The van der Waals surface area contributed by atoms with Gasteiger partial charge in [0.25, 0.3) is 0 Å². The molecule has 2 N–H and O–H groups in total. The van der Waals surface area contributed by atoms with E-state index in [4.69, 9.17) is 0 Å². The van der Waals surface area contributed by atoms with Gasteiger partial charge < -0.3 is 10.2 Å². The van der Waals surface area contributed by atoms with Gasteiger partial charge in [0.2, 0.25) is 0 Å². The molecule has 3 heteroatoms. The van der Waals surface area contributed by atoms with Crippen molar-refractivity contribution in [2.45, 2.75) is 84.0 Å². The summed E-state index contributed by atoms with van der Waals surface area (Å²) in [5.74, 6) is -0.0474. The molecule has 1 saturated carbocycles. The molecule has 0 unspecified atom stereocenters. The Kier molecular flexibility index (Phi) is 5.03. The van der Waals surface area contributed by atoms with E-state index in [1.807, 2.05) is 0 Å². The summed E-state index contributed by atoms with van der Waals surface area (Å²) in [6.07, 6.45) is 3.32. The first kappa shape index (κ1) is 18.8. The summed E-state index contributed by atoms with van der Waals surface area (Å²) in [7, 11) is 0. The Morgan fingerprint density at radius 2 is 1.33 bits per heavy atom. The molecule has 2 rings (SSSR count). The number of carboxylic acids is 1. The number of carbonyl (C=O) groups is 1. The third kappa shape index (κ3) is 3.93. The van der Waals surface area contributed by atoms with Crippen LogP contribution in [0, 0.1) is 5.92 Å². The third-order valence-electron chi connectivity index (χ3n) is 5.30. The van der Waals surface area contributed by atoms with Crippen LogP contribution in [-0.2, 0) is 15.6 Å². The summed E-state index contributed by atoms with van der Waals surface area (Å²) in [4.78, 5) is 11.2. The molecule has 0 bridgehead atoms. The van der Waals surface area contributed by atoms with E-state index >= 15 is 0 Å². The van der Waals surface area contributed by atoms with Crippen LogP contribution in [0.15, 0.2) is 12.1 Å². The Morgan fingerprint density at radius 1 is 0.917 bits per heavy atom. The number of phenolic OH excluding ortho intramolecular Hbond substituents is 1. The van der Waals surface area contributed by atoms with Gasteiger partial charge in [0, 0.05) is 0 Å². The number of hydrogen-bond donors (Lipinski definition) is 2. The van der Waals surface area contributed by atoms with Gasteiger partial charge in [0.15, 0.2) is 0 Å². The van der Waals surface area contributed by atoms with E-state index in [2.05, 4.69) is 53.7 Å². The zero-order valence-corrected chi connectivity index (χ0v) is 15.9. The average Bonchev–Trinajstić information content (AvgIpc) is 2.45. The molecule has 0 amide bonds. The zero-order valence-electron chi connectivity index (χ0n) is 15.9. The highest BCUT2D eigenvalue weighted by atomic mass is 16.4. The number of phenols is 1. The number of aliphatic carboxylic acids is 1. The monoisotopic (exact) mass is 332 g/mol. The second-order valence-electron chi connectivity index (χ2n) is 9.35. The summed E-state index contributed by atoms with van der Waals surface area (Å²) in [6, 6.07) is 4.30. The number of aromatic hydroxyl groups is 1. The molecule has 0 spiro atoms. The quantitative estimate of drug-likeness (QED) is 0.768. The molecule has 0 saturated heterocycles. The van der Waals surface area contributed by atoms with Crippen molar-refractivity contribution in [3.63, 3.8) is 0 Å². The van der Waals surface area contributed by atoms with Crippen LogP contribution in [0.3, 0.4) is 0 Å². The van der Waals surface area contributed by atoms with Crippen LogP contribution < -0.4 is 0 Å². The number of carboxylic acid groups (broad SMARTS) is 1. The first-order valence-corrected chi connectivity index (χ1v) is 9.02. The van der Waals surface area contributed by atoms with E-state index < -0.39 is 5.97 Å². The van der Waals surface area contributed by atoms with Crippen LogP contribution in [-0.4, -0.2) is 16.2 Å². The van der Waals surface area contributed by atoms with Gasteiger partial charge in [0.1, 0.15) is 5.75 Å². The minimum Gasteiger partial charge on any atom is -0.507 e. The van der Waals surface area contributed by atoms with Crippen LogP contribution in [0.1, 0.15) is 89.8 Å². The summed E-state index contributed by atoms with van der Waals surface area (Å²) in [5, 5.41) is 20.0. The highest BCUT2D eigenvalue weighted by Crippen LogP contribution is 2.44. The Morgan fingerprint density at radius 3 is 1.67 bits per heavy atom. The van der Waals surface area contributed by atoms with Crippen molar-refractivity contribution in [3.8, 4) is 5.75 Å². The first-order chi connectivity index (χ1) is 10.9. The van der Waals surface area contributed by atoms with E-state index in [1.54, 1.807) is 0 Å². The van der Waals surface area contributed by atoms with Crippen molar-refractivity contribution in [1.82, 2.24) is 0 Å². The fourth-order valence-electron chi connectivity index (χ4n) is 3.71. The Hall–Kier alpha value is -1.51. The molecule has 1 aromatic carbocycles. The van der Waals surface area contributed by atoms with E-state index in [9.17, 15) is 15.0 Å². The van der Waals surface area contributed by atoms with E-state index in [1.165, 1.54) is 5.56 Å². The molecular formula is C21H32O3. The average molecular weight is 332 g/mol. The maximum atomic E-state index is 11.2. The Labute approximate surface area is 146 Å². The van der Waals surface area contributed by atoms with Crippen LogP contribution in [0.25, 0.3) is 0 Å². The highest BCUT2D eigenvalue weighted by molar-refractivity contribution is 5.70. The van der Waals surface area contributed by atoms with Gasteiger partial charge >= 0.3 is 5.97 Å². The summed E-state index contributed by atoms with van der Waals surface area (Å²) >= 11 is 0. The second-order valence-corrected chi connectivity index (χ2v) is 9.35. The minimum absolute atomic E-state index is 0.127. The summed E-state index contributed by atoms with van der Waals surface area (Å²) < 4.78 is 0. The van der Waals surface area contributed by atoms with E-state index in [0.717, 1.165) is 36.8 Å². The number of rotatable bonds is 2. The molecule has 1 aromatic rings. The fraction of sp³-hybridized carbons (Fsp3) is 0.667. The normalized spacial score (nSPS) is 22.4. The SMILES string of the molecule is CC(C)(C)c1cc(C2CCC(C(=O)O)CC2)cc(C(C)(C)C)c1O. The van der Waals surface area contributed by atoms with Crippen LogP contribution in [0.2, 0.25) is 0 Å². The second kappa shape index (κ2) is 6.42. The van der Waals surface area contributed by atoms with Crippen molar-refractivity contribution < 1.29 is 15.0 Å². The predicted octanol–water partition coefficient (Wildman–Crippen LogP) is 5.35. The minimum atomic E-state index is -0.662. The first-order valence-electron chi connectivity index (χ1n) is 9.02. The number of hydrogen-bond acceptors (Lipinski definition) is 2. The highest BCUT2D eigenvalue weighted by Gasteiger charge is 2.31. The van der Waals surface area contributed by atoms with E-state index in [0.29, 0.717) is 11.7 Å². The van der Waals surface area contributed by atoms with Gasteiger partial charge in [-0.1, -0.05) is 53.7 Å². The van der Waals surface area contributed by atoms with Crippen molar-refractivity contribution in [3.05, 3.63) is 28.8 Å². The molecule has 3 nitrogen and oxygen atoms in total. The molecule has 1 aliphatic rings. The zero-order chi connectivity index (χ0) is 18.3. The van der Waals surface area contributed by atoms with Gasteiger partial charge in [-0.3, -0.25) is 4.79 Å². The molecule has 24 heavy (non-hydrogen) atoms. The molecule has 0 radical (unpaired) electrons. The molecular weight excluding hydrogens is 300 g/mol. The summed E-state index contributed by atoms with van der Waals surface area (Å²) in [6.45, 7) is 12.7. The van der Waals surface area contributed by atoms with Crippen molar-refractivity contribution in [2.24, 2.45) is 5.92 Å². The molecule has 0 aliphatic heterocycles. The van der Waals surface area contributed by atoms with Crippen molar-refractivity contribution in [1.29, 1.82) is 0 Å². The van der Waals surface area contributed by atoms with Gasteiger partial charge in [-0.25, -0.2) is 0 Å². The lowest BCUT2D eigenvalue weighted by Gasteiger charge is -2.32. The third-order valence-corrected chi connectivity index (χ3v) is 5.30. The van der Waals surface area contributed by atoms with Gasteiger partial charge in [0.05, 0.1) is 5.92 Å². The Bertz CT molecular complexity index is 574. The lowest BCUT2D eigenvalue weighted by molar-refractivity contribution is -0.142. The van der Waals surface area contributed by atoms with E-state index in [-0.39, 0.29) is 16.7 Å². The van der Waals surface area contributed by atoms with Crippen LogP contribution >= 0.6 is 0 Å². The fourth-order valence-corrected chi connectivity index (χ4v) is 3.71. The Balaban J connectivity index is 2.43. The largest absolute Gasteiger partial charge is 0.507 e. The van der Waals surface area contributed by atoms with Crippen LogP contribution in [0.4, 0.5) is 0 Å². The lowest BCUT2D eigenvalue weighted by Crippen LogP contribution is -2.22. The molecule has 0 heterocycles. The van der Waals surface area contributed by atoms with Gasteiger partial charge in [-0.2, -0.15) is 0 Å². The summed E-state index contributed by atoms with van der Waals surface area (Å²) in [5.41, 5.74) is 2.98. The predicted molar refractivity (Wildman–Crippen MR) is 97.8 cm³/mol. The number of benzene rings is 1. The van der Waals surface area contributed by atoms with Crippen molar-refractivity contribution in [2.75, 3.05) is 0 Å². The molecule has 1 fully saturated rings. The van der Waals surface area contributed by atoms with Gasteiger partial charge in [-0.05, 0) is 59.1 Å². The smallest absolute Gasteiger partial charge is 0.306 e. The van der Waals surface area contributed by atoms with Gasteiger partial charge in [-0.15, -0.1) is 0 Å². The molecule has 1 aliphatic carbocycles. The molecule has 134 valence electrons. The molecule has 0 atom stereocenters.